The fraction of sp³-hybridized carbons (Fsp3) is 0.0417. The average Bonchev–Trinajstić information content (AvgIpc) is 3.37. The molecule has 4 aromatic rings. The summed E-state index contributed by atoms with van der Waals surface area (Å²) in [4.78, 5) is 42.5. The minimum absolute atomic E-state index is 0.0439. The number of carbonyl (C=O) groups excluding carboxylic acids is 2. The molecule has 1 aromatic heterocycles. The monoisotopic (exact) mass is 493 g/mol. The largest absolute Gasteiger partial charge is 0.507 e. The van der Waals surface area contributed by atoms with Gasteiger partial charge in [-0.25, -0.2) is 13.8 Å². The molecule has 0 aliphatic carbocycles. The van der Waals surface area contributed by atoms with Crippen LogP contribution >= 0.6 is 11.3 Å². The first-order valence-electron chi connectivity index (χ1n) is 10.1. The van der Waals surface area contributed by atoms with E-state index in [4.69, 9.17) is 0 Å². The molecule has 5 rings (SSSR count). The Morgan fingerprint density at radius 3 is 2.46 bits per heavy atom. The van der Waals surface area contributed by atoms with Crippen LogP contribution in [0.2, 0.25) is 0 Å². The van der Waals surface area contributed by atoms with Gasteiger partial charge in [0.1, 0.15) is 17.4 Å². The highest BCUT2D eigenvalue weighted by molar-refractivity contribution is 7.22. The first-order valence-corrected chi connectivity index (χ1v) is 10.9. The number of halogens is 2. The van der Waals surface area contributed by atoms with Crippen molar-refractivity contribution in [3.63, 3.8) is 0 Å². The summed E-state index contributed by atoms with van der Waals surface area (Å²) in [6.07, 6.45) is 0. The highest BCUT2D eigenvalue weighted by atomic mass is 32.1. The zero-order valence-electron chi connectivity index (χ0n) is 17.5. The number of nitro benzene ring substituents is 1. The van der Waals surface area contributed by atoms with Gasteiger partial charge >= 0.3 is 5.91 Å². The van der Waals surface area contributed by atoms with Crippen LogP contribution in [0.5, 0.6) is 0 Å². The maximum absolute atomic E-state index is 13.7. The van der Waals surface area contributed by atoms with Gasteiger partial charge in [-0.1, -0.05) is 23.5 Å². The number of anilines is 1. The van der Waals surface area contributed by atoms with Gasteiger partial charge < -0.3 is 5.11 Å². The maximum atomic E-state index is 13.7. The number of non-ortho nitro benzene ring substituents is 1. The number of Topliss-reactive ketones (excluding diaryl/α,β-unsaturated/α-hetero) is 1. The predicted molar refractivity (Wildman–Crippen MR) is 124 cm³/mol. The molecular formula is C24H13F2N3O5S. The van der Waals surface area contributed by atoms with Crippen molar-refractivity contribution in [3.8, 4) is 0 Å². The number of thiazole rings is 1. The van der Waals surface area contributed by atoms with E-state index < -0.39 is 40.0 Å². The molecule has 35 heavy (non-hydrogen) atoms. The second kappa shape index (κ2) is 8.37. The molecule has 0 unspecified atom stereocenters. The minimum Gasteiger partial charge on any atom is -0.507 e. The molecule has 0 bridgehead atoms. The van der Waals surface area contributed by atoms with Gasteiger partial charge in [-0.2, -0.15) is 0 Å². The van der Waals surface area contributed by atoms with Crippen LogP contribution in [-0.4, -0.2) is 26.7 Å². The first kappa shape index (κ1) is 22.3. The lowest BCUT2D eigenvalue weighted by atomic mass is 9.95. The Bertz CT molecular complexity index is 1570. The minimum atomic E-state index is -1.27. The molecule has 0 radical (unpaired) electrons. The van der Waals surface area contributed by atoms with Crippen LogP contribution in [0.1, 0.15) is 17.2 Å². The van der Waals surface area contributed by atoms with E-state index in [2.05, 4.69) is 4.98 Å². The third-order valence-electron chi connectivity index (χ3n) is 5.50. The van der Waals surface area contributed by atoms with E-state index in [9.17, 15) is 33.6 Å². The summed E-state index contributed by atoms with van der Waals surface area (Å²) in [5.41, 5.74) is -0.00267. The summed E-state index contributed by atoms with van der Waals surface area (Å²) >= 11 is 0.949. The Hall–Kier alpha value is -4.51. The van der Waals surface area contributed by atoms with Crippen molar-refractivity contribution in [2.24, 2.45) is 0 Å². The number of nitrogens with zero attached hydrogens (tertiary/aromatic N) is 3. The Morgan fingerprint density at radius 1 is 1.03 bits per heavy atom. The molecule has 1 aliphatic rings. The molecule has 1 fully saturated rings. The van der Waals surface area contributed by atoms with Gasteiger partial charge in [0.2, 0.25) is 0 Å². The highest BCUT2D eigenvalue weighted by Gasteiger charge is 2.48. The van der Waals surface area contributed by atoms with Crippen molar-refractivity contribution in [2.45, 2.75) is 6.04 Å². The second-order valence-electron chi connectivity index (χ2n) is 7.64. The molecule has 0 saturated carbocycles. The number of nitro groups is 1. The number of aromatic nitrogens is 1. The number of ketones is 1. The lowest BCUT2D eigenvalue weighted by Gasteiger charge is -2.22. The van der Waals surface area contributed by atoms with Gasteiger partial charge in [0.05, 0.1) is 26.8 Å². The lowest BCUT2D eigenvalue weighted by molar-refractivity contribution is -0.384. The summed E-state index contributed by atoms with van der Waals surface area (Å²) in [5, 5.41) is 22.4. The van der Waals surface area contributed by atoms with E-state index in [-0.39, 0.29) is 27.5 Å². The van der Waals surface area contributed by atoms with Crippen LogP contribution in [0.25, 0.3) is 16.0 Å². The van der Waals surface area contributed by atoms with Crippen molar-refractivity contribution < 1.29 is 28.4 Å². The number of amides is 1. The van der Waals surface area contributed by atoms with Gasteiger partial charge in [0, 0.05) is 17.7 Å². The molecule has 1 amide bonds. The van der Waals surface area contributed by atoms with Crippen LogP contribution in [0.3, 0.4) is 0 Å². The van der Waals surface area contributed by atoms with E-state index in [0.29, 0.717) is 10.2 Å². The Balaban J connectivity index is 1.75. The molecular weight excluding hydrogens is 480 g/mol. The zero-order valence-corrected chi connectivity index (χ0v) is 18.3. The standard InChI is InChI=1S/C24H13F2N3O5S/c25-14-6-4-12(5-7-14)21(30)19-20(13-2-1-3-16(10-13)29(33)34)28(23(32)22(19)31)24-27-17-9-8-15(26)11-18(17)35-24/h1-11,20,30H/b21-19+/t20-/m0/s1. The Morgan fingerprint density at radius 2 is 1.74 bits per heavy atom. The van der Waals surface area contributed by atoms with Gasteiger partial charge in [0.25, 0.3) is 11.5 Å². The second-order valence-corrected chi connectivity index (χ2v) is 8.65. The molecule has 1 saturated heterocycles. The number of hydrogen-bond donors (Lipinski definition) is 1. The SMILES string of the molecule is O=C1C(=O)N(c2nc3ccc(F)cc3s2)[C@@H](c2cccc([N+](=O)[O-])c2)/C1=C(\O)c1ccc(F)cc1. The molecule has 1 atom stereocenters. The quantitative estimate of drug-likeness (QED) is 0.139. The van der Waals surface area contributed by atoms with Crippen molar-refractivity contribution in [3.05, 3.63) is 105 Å². The number of rotatable bonds is 4. The molecule has 1 aliphatic heterocycles. The van der Waals surface area contributed by atoms with Gasteiger partial charge in [-0.3, -0.25) is 24.6 Å². The molecule has 1 N–H and O–H groups in total. The zero-order chi connectivity index (χ0) is 24.9. The van der Waals surface area contributed by atoms with E-state index in [1.54, 1.807) is 0 Å². The molecule has 8 nitrogen and oxygen atoms in total. The third-order valence-corrected chi connectivity index (χ3v) is 6.52. The Kier molecular flexibility index (Phi) is 5.33. The van der Waals surface area contributed by atoms with Crippen LogP contribution in [-0.2, 0) is 9.59 Å². The molecule has 174 valence electrons. The predicted octanol–water partition coefficient (Wildman–Crippen LogP) is 5.11. The molecule has 2 heterocycles. The number of fused-ring (bicyclic) bond motifs is 1. The number of aliphatic hydroxyl groups is 1. The van der Waals surface area contributed by atoms with Crippen molar-refractivity contribution in [1.29, 1.82) is 0 Å². The number of hydrogen-bond acceptors (Lipinski definition) is 7. The average molecular weight is 493 g/mol. The van der Waals surface area contributed by atoms with Crippen LogP contribution in [0, 0.1) is 21.7 Å². The van der Waals surface area contributed by atoms with E-state index >= 15 is 0 Å². The lowest BCUT2D eigenvalue weighted by Crippen LogP contribution is -2.29. The van der Waals surface area contributed by atoms with Crippen molar-refractivity contribution >= 4 is 49.8 Å². The van der Waals surface area contributed by atoms with Crippen molar-refractivity contribution in [2.75, 3.05) is 4.90 Å². The number of aliphatic hydroxyl groups excluding tert-OH is 1. The topological polar surface area (TPSA) is 114 Å². The third kappa shape index (κ3) is 3.81. The van der Waals surface area contributed by atoms with Crippen molar-refractivity contribution in [1.82, 2.24) is 4.98 Å². The summed E-state index contributed by atoms with van der Waals surface area (Å²) < 4.78 is 27.6. The smallest absolute Gasteiger partial charge is 0.301 e. The van der Waals surface area contributed by atoms with Gasteiger partial charge in [0.15, 0.2) is 5.13 Å². The first-order chi connectivity index (χ1) is 16.7. The van der Waals surface area contributed by atoms with E-state index in [1.807, 2.05) is 0 Å². The summed E-state index contributed by atoms with van der Waals surface area (Å²) in [6, 6.07) is 12.5. The van der Waals surface area contributed by atoms with Gasteiger partial charge in [-0.15, -0.1) is 0 Å². The Labute approximate surface area is 199 Å². The molecule has 11 heteroatoms. The highest BCUT2D eigenvalue weighted by Crippen LogP contribution is 2.44. The van der Waals surface area contributed by atoms with E-state index in [0.717, 1.165) is 28.4 Å². The maximum Gasteiger partial charge on any atom is 0.301 e. The van der Waals surface area contributed by atoms with Crippen LogP contribution in [0.15, 0.2) is 72.3 Å². The van der Waals surface area contributed by atoms with Crippen LogP contribution in [0.4, 0.5) is 19.6 Å². The normalized spacial score (nSPS) is 17.3. The molecule has 0 spiro atoms. The summed E-state index contributed by atoms with van der Waals surface area (Å²) in [7, 11) is 0. The summed E-state index contributed by atoms with van der Waals surface area (Å²) in [6.45, 7) is 0. The molecule has 3 aromatic carbocycles. The fourth-order valence-electron chi connectivity index (χ4n) is 3.91. The van der Waals surface area contributed by atoms with Gasteiger partial charge in [-0.05, 0) is 48.0 Å². The summed E-state index contributed by atoms with van der Waals surface area (Å²) in [5.74, 6) is -3.73. The van der Waals surface area contributed by atoms with Crippen LogP contribution < -0.4 is 4.90 Å². The fourth-order valence-corrected chi connectivity index (χ4v) is 4.92. The number of benzene rings is 3. The van der Waals surface area contributed by atoms with E-state index in [1.165, 1.54) is 54.6 Å². The number of carbonyl (C=O) groups is 2.